The topological polar surface area (TPSA) is 80.5 Å². The van der Waals surface area contributed by atoms with Crippen LogP contribution in [0.3, 0.4) is 0 Å². The van der Waals surface area contributed by atoms with Gasteiger partial charge in [0.25, 0.3) is 11.1 Å². The van der Waals surface area contributed by atoms with E-state index in [9.17, 15) is 4.79 Å². The highest BCUT2D eigenvalue weighted by atomic mass is 35.5. The molecule has 7 nitrogen and oxygen atoms in total. The number of hydrogen-bond donors (Lipinski definition) is 1. The maximum absolute atomic E-state index is 12.6. The number of nitrogens with one attached hydrogen (secondary N) is 1. The van der Waals surface area contributed by atoms with Gasteiger partial charge in [-0.1, -0.05) is 41.6 Å². The van der Waals surface area contributed by atoms with Crippen LogP contribution in [0.1, 0.15) is 19.3 Å². The predicted octanol–water partition coefficient (Wildman–Crippen LogP) is 5.12. The molecule has 31 heavy (non-hydrogen) atoms. The largest absolute Gasteiger partial charge is 0.496 e. The van der Waals surface area contributed by atoms with Crippen molar-refractivity contribution in [3.8, 4) is 17.2 Å². The van der Waals surface area contributed by atoms with Crippen LogP contribution in [0.25, 0.3) is 11.5 Å². The van der Waals surface area contributed by atoms with Crippen LogP contribution in [-0.4, -0.2) is 42.1 Å². The highest BCUT2D eigenvalue weighted by Crippen LogP contribution is 2.36. The number of methoxy groups -OCH3 is 1. The van der Waals surface area contributed by atoms with Gasteiger partial charge in [-0.15, -0.1) is 10.2 Å². The van der Waals surface area contributed by atoms with Crippen molar-refractivity contribution in [2.45, 2.75) is 24.5 Å². The summed E-state index contributed by atoms with van der Waals surface area (Å²) in [6.45, 7) is 1.88. The van der Waals surface area contributed by atoms with E-state index in [2.05, 4.69) is 20.4 Å². The fourth-order valence-corrected chi connectivity index (χ4v) is 4.42. The number of amides is 1. The zero-order valence-electron chi connectivity index (χ0n) is 17.1. The molecule has 162 valence electrons. The average Bonchev–Trinajstić information content (AvgIpc) is 3.27. The number of carbonyl (C=O) groups excluding carboxylic acids is 1. The van der Waals surface area contributed by atoms with Crippen LogP contribution in [0.4, 0.5) is 11.4 Å². The van der Waals surface area contributed by atoms with Crippen LogP contribution in [0.15, 0.2) is 52.1 Å². The summed E-state index contributed by atoms with van der Waals surface area (Å²) in [5.74, 6) is 0.969. The van der Waals surface area contributed by atoms with Gasteiger partial charge in [0.1, 0.15) is 5.75 Å². The first-order valence-corrected chi connectivity index (χ1v) is 11.4. The Morgan fingerprint density at radius 3 is 2.77 bits per heavy atom. The van der Waals surface area contributed by atoms with E-state index in [-0.39, 0.29) is 11.7 Å². The van der Waals surface area contributed by atoms with Gasteiger partial charge < -0.3 is 19.4 Å². The SMILES string of the molecule is COc1ccccc1-c1nnc(SCC(=O)Nc2cccc(Cl)c2N2CCCCC2)o1. The van der Waals surface area contributed by atoms with E-state index in [1.165, 1.54) is 18.2 Å². The average molecular weight is 459 g/mol. The molecule has 2 heterocycles. The van der Waals surface area contributed by atoms with Crippen LogP contribution in [0.2, 0.25) is 5.02 Å². The molecular weight excluding hydrogens is 436 g/mol. The Balaban J connectivity index is 1.41. The van der Waals surface area contributed by atoms with Gasteiger partial charge in [-0.3, -0.25) is 4.79 Å². The quantitative estimate of drug-likeness (QED) is 0.492. The van der Waals surface area contributed by atoms with Gasteiger partial charge in [-0.2, -0.15) is 0 Å². The van der Waals surface area contributed by atoms with Gasteiger partial charge in [0, 0.05) is 13.1 Å². The van der Waals surface area contributed by atoms with Crippen LogP contribution in [0, 0.1) is 0 Å². The summed E-state index contributed by atoms with van der Waals surface area (Å²) in [5.41, 5.74) is 2.32. The molecule has 1 aromatic heterocycles. The Morgan fingerprint density at radius 2 is 1.97 bits per heavy atom. The molecule has 1 N–H and O–H groups in total. The number of para-hydroxylation sites is 2. The fraction of sp³-hybridized carbons (Fsp3) is 0.318. The smallest absolute Gasteiger partial charge is 0.277 e. The number of carbonyl (C=O) groups is 1. The number of piperidine rings is 1. The summed E-state index contributed by atoms with van der Waals surface area (Å²) in [4.78, 5) is 14.8. The molecule has 1 saturated heterocycles. The Bertz CT molecular complexity index is 1050. The second-order valence-electron chi connectivity index (χ2n) is 7.09. The lowest BCUT2D eigenvalue weighted by molar-refractivity contribution is -0.113. The standard InChI is InChI=1S/C22H23ClN4O3S/c1-29-18-11-4-3-8-15(18)21-25-26-22(30-21)31-14-19(28)24-17-10-7-9-16(23)20(17)27-12-5-2-6-13-27/h3-4,7-11H,2,5-6,12-14H2,1H3,(H,24,28). The van der Waals surface area contributed by atoms with Crippen molar-refractivity contribution < 1.29 is 13.9 Å². The van der Waals surface area contributed by atoms with Crippen molar-refractivity contribution >= 4 is 40.6 Å². The lowest BCUT2D eigenvalue weighted by Crippen LogP contribution is -2.30. The van der Waals surface area contributed by atoms with Crippen molar-refractivity contribution in [3.05, 3.63) is 47.5 Å². The molecule has 0 spiro atoms. The lowest BCUT2D eigenvalue weighted by atomic mass is 10.1. The van der Waals surface area contributed by atoms with Gasteiger partial charge in [0.15, 0.2) is 0 Å². The summed E-state index contributed by atoms with van der Waals surface area (Å²) in [6, 6.07) is 13.0. The van der Waals surface area contributed by atoms with Crippen LogP contribution in [-0.2, 0) is 4.79 Å². The van der Waals surface area contributed by atoms with Gasteiger partial charge in [0.2, 0.25) is 5.91 Å². The normalized spacial score (nSPS) is 13.8. The molecule has 0 radical (unpaired) electrons. The fourth-order valence-electron chi connectivity index (χ4n) is 3.57. The number of hydrogen-bond acceptors (Lipinski definition) is 7. The summed E-state index contributed by atoms with van der Waals surface area (Å²) in [5, 5.41) is 12.0. The first-order chi connectivity index (χ1) is 15.2. The van der Waals surface area contributed by atoms with Crippen molar-refractivity contribution in [1.29, 1.82) is 0 Å². The van der Waals surface area contributed by atoms with Crippen LogP contribution < -0.4 is 15.0 Å². The van der Waals surface area contributed by atoms with Gasteiger partial charge in [-0.05, 0) is 43.5 Å². The molecule has 1 aliphatic heterocycles. The minimum Gasteiger partial charge on any atom is -0.496 e. The molecule has 9 heteroatoms. The minimum atomic E-state index is -0.164. The maximum Gasteiger partial charge on any atom is 0.277 e. The van der Waals surface area contributed by atoms with Crippen molar-refractivity contribution in [3.63, 3.8) is 0 Å². The number of benzene rings is 2. The Morgan fingerprint density at radius 1 is 1.16 bits per heavy atom. The molecular formula is C22H23ClN4O3S. The van der Waals surface area contributed by atoms with E-state index >= 15 is 0 Å². The maximum atomic E-state index is 12.6. The van der Waals surface area contributed by atoms with Crippen molar-refractivity contribution in [1.82, 2.24) is 10.2 Å². The zero-order valence-corrected chi connectivity index (χ0v) is 18.7. The Labute approximate surface area is 190 Å². The van der Waals surface area contributed by atoms with Crippen LogP contribution >= 0.6 is 23.4 Å². The molecule has 3 aromatic rings. The number of nitrogens with zero attached hydrogens (tertiary/aromatic N) is 3. The third-order valence-electron chi connectivity index (χ3n) is 5.00. The molecule has 0 saturated carbocycles. The number of aromatic nitrogens is 2. The van der Waals surface area contributed by atoms with Gasteiger partial charge >= 0.3 is 0 Å². The number of rotatable bonds is 7. The molecule has 2 aromatic carbocycles. The number of ether oxygens (including phenoxy) is 1. The predicted molar refractivity (Wildman–Crippen MR) is 123 cm³/mol. The molecule has 0 unspecified atom stereocenters. The molecule has 0 bridgehead atoms. The lowest BCUT2D eigenvalue weighted by Gasteiger charge is -2.31. The van der Waals surface area contributed by atoms with E-state index in [1.807, 2.05) is 42.5 Å². The highest BCUT2D eigenvalue weighted by Gasteiger charge is 2.19. The number of halogens is 1. The molecule has 1 aliphatic rings. The van der Waals surface area contributed by atoms with E-state index in [0.717, 1.165) is 37.3 Å². The minimum absolute atomic E-state index is 0.138. The first-order valence-electron chi connectivity index (χ1n) is 10.1. The van der Waals surface area contributed by atoms with E-state index in [0.29, 0.717) is 27.4 Å². The summed E-state index contributed by atoms with van der Waals surface area (Å²) < 4.78 is 11.0. The van der Waals surface area contributed by atoms with Crippen molar-refractivity contribution in [2.75, 3.05) is 36.2 Å². The van der Waals surface area contributed by atoms with Crippen LogP contribution in [0.5, 0.6) is 5.75 Å². The second kappa shape index (κ2) is 10.1. The molecule has 0 aliphatic carbocycles. The molecule has 0 atom stereocenters. The number of thioether (sulfide) groups is 1. The monoisotopic (exact) mass is 458 g/mol. The number of anilines is 2. The summed E-state index contributed by atoms with van der Waals surface area (Å²) >= 11 is 7.65. The molecule has 1 amide bonds. The third-order valence-corrected chi connectivity index (χ3v) is 6.13. The first kappa shape index (κ1) is 21.5. The molecule has 4 rings (SSSR count). The van der Waals surface area contributed by atoms with Gasteiger partial charge in [-0.25, -0.2) is 0 Å². The zero-order chi connectivity index (χ0) is 21.6. The Kier molecular flexibility index (Phi) is 6.99. The Hall–Kier alpha value is -2.71. The van der Waals surface area contributed by atoms with E-state index < -0.39 is 0 Å². The van der Waals surface area contributed by atoms with Crippen molar-refractivity contribution in [2.24, 2.45) is 0 Å². The molecule has 1 fully saturated rings. The highest BCUT2D eigenvalue weighted by molar-refractivity contribution is 7.99. The van der Waals surface area contributed by atoms with Gasteiger partial charge in [0.05, 0.1) is 34.8 Å². The summed E-state index contributed by atoms with van der Waals surface area (Å²) in [7, 11) is 1.59. The van der Waals surface area contributed by atoms with E-state index in [4.69, 9.17) is 20.8 Å². The third kappa shape index (κ3) is 5.14. The summed E-state index contributed by atoms with van der Waals surface area (Å²) in [6.07, 6.45) is 3.47. The van der Waals surface area contributed by atoms with E-state index in [1.54, 1.807) is 7.11 Å². The second-order valence-corrected chi connectivity index (χ2v) is 8.43.